The van der Waals surface area contributed by atoms with Gasteiger partial charge < -0.3 is 16.4 Å². The molecule has 1 aromatic heterocycles. The average Bonchev–Trinajstić information content (AvgIpc) is 2.40. The van der Waals surface area contributed by atoms with E-state index in [9.17, 15) is 4.79 Å². The Balaban J connectivity index is 2.01. The number of rotatable bonds is 4. The Morgan fingerprint density at radius 2 is 2.17 bits per heavy atom. The summed E-state index contributed by atoms with van der Waals surface area (Å²) in [6.07, 6.45) is 5.02. The van der Waals surface area contributed by atoms with E-state index in [4.69, 9.17) is 11.5 Å². The first-order chi connectivity index (χ1) is 8.70. The first-order valence-corrected chi connectivity index (χ1v) is 6.41. The molecule has 4 N–H and O–H groups in total. The summed E-state index contributed by atoms with van der Waals surface area (Å²) in [5, 5.41) is 0. The van der Waals surface area contributed by atoms with Crippen molar-refractivity contribution in [3.63, 3.8) is 0 Å². The Morgan fingerprint density at radius 3 is 2.78 bits per heavy atom. The summed E-state index contributed by atoms with van der Waals surface area (Å²) < 4.78 is 0. The Bertz CT molecular complexity index is 413. The summed E-state index contributed by atoms with van der Waals surface area (Å²) in [5.41, 5.74) is 11.4. The van der Waals surface area contributed by atoms with Crippen LogP contribution in [0.1, 0.15) is 29.6 Å². The van der Waals surface area contributed by atoms with E-state index in [0.29, 0.717) is 5.56 Å². The third-order valence-electron chi connectivity index (χ3n) is 3.54. The van der Waals surface area contributed by atoms with E-state index in [1.165, 1.54) is 0 Å². The predicted octanol–water partition coefficient (Wildman–Crippen LogP) is 0.746. The molecule has 0 spiro atoms. The second kappa shape index (κ2) is 5.82. The van der Waals surface area contributed by atoms with Crippen LogP contribution < -0.4 is 16.4 Å². The molecule has 2 rings (SSSR count). The molecule has 18 heavy (non-hydrogen) atoms. The molecule has 98 valence electrons. The standard InChI is InChI=1S/C13H20N4O/c14-5-1-10-3-7-17(8-4-10)12-9-11(13(15)18)2-6-16-12/h2,6,9-10H,1,3-5,7-8,14H2,(H2,15,18). The fourth-order valence-corrected chi connectivity index (χ4v) is 2.43. The molecule has 1 aliphatic rings. The van der Waals surface area contributed by atoms with E-state index in [0.717, 1.165) is 50.6 Å². The number of nitrogens with zero attached hydrogens (tertiary/aromatic N) is 2. The van der Waals surface area contributed by atoms with Crippen LogP contribution in [0.5, 0.6) is 0 Å². The molecule has 1 aliphatic heterocycles. The topological polar surface area (TPSA) is 85.2 Å². The lowest BCUT2D eigenvalue weighted by Crippen LogP contribution is -2.35. The number of hydrogen-bond acceptors (Lipinski definition) is 4. The van der Waals surface area contributed by atoms with Crippen LogP contribution in [0.15, 0.2) is 18.3 Å². The maximum atomic E-state index is 11.1. The van der Waals surface area contributed by atoms with Gasteiger partial charge in [-0.15, -0.1) is 0 Å². The third-order valence-corrected chi connectivity index (χ3v) is 3.54. The van der Waals surface area contributed by atoms with Crippen LogP contribution in [0.2, 0.25) is 0 Å². The van der Waals surface area contributed by atoms with E-state index >= 15 is 0 Å². The van der Waals surface area contributed by atoms with Crippen molar-refractivity contribution in [3.8, 4) is 0 Å². The quantitative estimate of drug-likeness (QED) is 0.823. The Morgan fingerprint density at radius 1 is 1.44 bits per heavy atom. The smallest absolute Gasteiger partial charge is 0.248 e. The average molecular weight is 248 g/mol. The van der Waals surface area contributed by atoms with E-state index in [1.807, 2.05) is 0 Å². The highest BCUT2D eigenvalue weighted by Crippen LogP contribution is 2.23. The highest BCUT2D eigenvalue weighted by Gasteiger charge is 2.19. The van der Waals surface area contributed by atoms with Gasteiger partial charge in [0.1, 0.15) is 5.82 Å². The van der Waals surface area contributed by atoms with Crippen molar-refractivity contribution in [2.24, 2.45) is 17.4 Å². The van der Waals surface area contributed by atoms with Crippen molar-refractivity contribution in [3.05, 3.63) is 23.9 Å². The molecule has 1 amide bonds. The number of nitrogens with two attached hydrogens (primary N) is 2. The second-order valence-electron chi connectivity index (χ2n) is 4.77. The molecule has 0 aliphatic carbocycles. The zero-order valence-electron chi connectivity index (χ0n) is 10.5. The van der Waals surface area contributed by atoms with Gasteiger partial charge in [-0.1, -0.05) is 0 Å². The molecule has 0 radical (unpaired) electrons. The first kappa shape index (κ1) is 12.8. The van der Waals surface area contributed by atoms with Crippen LogP contribution in [0.25, 0.3) is 0 Å². The summed E-state index contributed by atoms with van der Waals surface area (Å²) >= 11 is 0. The van der Waals surface area contributed by atoms with Gasteiger partial charge in [-0.05, 0) is 43.9 Å². The summed E-state index contributed by atoms with van der Waals surface area (Å²) in [6.45, 7) is 2.71. The monoisotopic (exact) mass is 248 g/mol. The van der Waals surface area contributed by atoms with E-state index in [1.54, 1.807) is 18.3 Å². The normalized spacial score (nSPS) is 16.8. The van der Waals surface area contributed by atoms with Gasteiger partial charge in [0.2, 0.25) is 5.91 Å². The number of anilines is 1. The van der Waals surface area contributed by atoms with Gasteiger partial charge in [-0.3, -0.25) is 4.79 Å². The molecule has 5 heteroatoms. The fraction of sp³-hybridized carbons (Fsp3) is 0.538. The zero-order valence-corrected chi connectivity index (χ0v) is 10.5. The van der Waals surface area contributed by atoms with Crippen LogP contribution in [-0.2, 0) is 0 Å². The molecule has 1 aromatic rings. The van der Waals surface area contributed by atoms with Crippen molar-refractivity contribution in [2.45, 2.75) is 19.3 Å². The lowest BCUT2D eigenvalue weighted by atomic mass is 9.93. The van der Waals surface area contributed by atoms with Crippen molar-refractivity contribution in [1.82, 2.24) is 4.98 Å². The van der Waals surface area contributed by atoms with Gasteiger partial charge in [0, 0.05) is 24.8 Å². The number of carbonyl (C=O) groups excluding carboxylic acids is 1. The van der Waals surface area contributed by atoms with Crippen molar-refractivity contribution in [2.75, 3.05) is 24.5 Å². The van der Waals surface area contributed by atoms with E-state index in [-0.39, 0.29) is 0 Å². The second-order valence-corrected chi connectivity index (χ2v) is 4.77. The number of hydrogen-bond donors (Lipinski definition) is 2. The Kier molecular flexibility index (Phi) is 4.15. The van der Waals surface area contributed by atoms with Gasteiger partial charge in [0.15, 0.2) is 0 Å². The van der Waals surface area contributed by atoms with Crippen molar-refractivity contribution in [1.29, 1.82) is 0 Å². The van der Waals surface area contributed by atoms with Gasteiger partial charge >= 0.3 is 0 Å². The number of amides is 1. The van der Waals surface area contributed by atoms with E-state index < -0.39 is 5.91 Å². The molecule has 0 bridgehead atoms. The molecular weight excluding hydrogens is 228 g/mol. The van der Waals surface area contributed by atoms with E-state index in [2.05, 4.69) is 9.88 Å². The molecule has 1 saturated heterocycles. The molecule has 5 nitrogen and oxygen atoms in total. The SMILES string of the molecule is NCCC1CCN(c2cc(C(N)=O)ccn2)CC1. The zero-order chi connectivity index (χ0) is 13.0. The largest absolute Gasteiger partial charge is 0.366 e. The molecule has 0 unspecified atom stereocenters. The molecule has 0 atom stereocenters. The number of aromatic nitrogens is 1. The van der Waals surface area contributed by atoms with Crippen LogP contribution in [0.3, 0.4) is 0 Å². The molecule has 0 aromatic carbocycles. The van der Waals surface area contributed by atoms with Gasteiger partial charge in [0.25, 0.3) is 0 Å². The summed E-state index contributed by atoms with van der Waals surface area (Å²) in [5.74, 6) is 1.17. The number of pyridine rings is 1. The number of primary amides is 1. The van der Waals surface area contributed by atoms with Gasteiger partial charge in [-0.25, -0.2) is 4.98 Å². The van der Waals surface area contributed by atoms with Crippen molar-refractivity contribution >= 4 is 11.7 Å². The maximum absolute atomic E-state index is 11.1. The minimum absolute atomic E-state index is 0.406. The predicted molar refractivity (Wildman–Crippen MR) is 71.4 cm³/mol. The molecular formula is C13H20N4O. The number of carbonyl (C=O) groups is 1. The fourth-order valence-electron chi connectivity index (χ4n) is 2.43. The van der Waals surface area contributed by atoms with Crippen LogP contribution in [0.4, 0.5) is 5.82 Å². The summed E-state index contributed by atoms with van der Waals surface area (Å²) in [6, 6.07) is 3.42. The minimum Gasteiger partial charge on any atom is -0.366 e. The molecule has 1 fully saturated rings. The van der Waals surface area contributed by atoms with Crippen LogP contribution >= 0.6 is 0 Å². The summed E-state index contributed by atoms with van der Waals surface area (Å²) in [7, 11) is 0. The molecule has 2 heterocycles. The van der Waals surface area contributed by atoms with Gasteiger partial charge in [-0.2, -0.15) is 0 Å². The van der Waals surface area contributed by atoms with Crippen LogP contribution in [0, 0.1) is 5.92 Å². The Labute approximate surface area is 107 Å². The van der Waals surface area contributed by atoms with Crippen LogP contribution in [-0.4, -0.2) is 30.5 Å². The third kappa shape index (κ3) is 2.98. The summed E-state index contributed by atoms with van der Waals surface area (Å²) in [4.78, 5) is 17.7. The Hall–Kier alpha value is -1.62. The highest BCUT2D eigenvalue weighted by atomic mass is 16.1. The molecule has 0 saturated carbocycles. The van der Waals surface area contributed by atoms with Gasteiger partial charge in [0.05, 0.1) is 0 Å². The lowest BCUT2D eigenvalue weighted by molar-refractivity contribution is 0.1000. The maximum Gasteiger partial charge on any atom is 0.248 e. The highest BCUT2D eigenvalue weighted by molar-refractivity contribution is 5.93. The minimum atomic E-state index is -0.406. The van der Waals surface area contributed by atoms with Crippen molar-refractivity contribution < 1.29 is 4.79 Å². The number of piperidine rings is 1. The first-order valence-electron chi connectivity index (χ1n) is 6.41. The lowest BCUT2D eigenvalue weighted by Gasteiger charge is -2.32.